The minimum atomic E-state index is -1.03. The smallest absolute Gasteiger partial charge is 0.410 e. The summed E-state index contributed by atoms with van der Waals surface area (Å²) in [5, 5.41) is 11.5. The van der Waals surface area contributed by atoms with Gasteiger partial charge in [-0.15, -0.1) is 0 Å². The third-order valence-corrected chi connectivity index (χ3v) is 5.65. The second kappa shape index (κ2) is 8.43. The van der Waals surface area contributed by atoms with Gasteiger partial charge in [0.15, 0.2) is 0 Å². The Bertz CT molecular complexity index is 826. The maximum absolute atomic E-state index is 12.8. The third kappa shape index (κ3) is 4.23. The number of hydrogen-bond donors (Lipinski definition) is 1. The predicted octanol–water partition coefficient (Wildman–Crippen LogP) is 3.47. The van der Waals surface area contributed by atoms with Gasteiger partial charge in [0.2, 0.25) is 0 Å². The van der Waals surface area contributed by atoms with Crippen molar-refractivity contribution in [3.05, 3.63) is 65.7 Å². The molecule has 2 fully saturated rings. The number of fused-ring (bicyclic) bond motifs is 2. The number of nitrogens with zero attached hydrogens (tertiary/aromatic N) is 1. The quantitative estimate of drug-likeness (QED) is 0.837. The summed E-state index contributed by atoms with van der Waals surface area (Å²) in [5.41, 5.74) is 0.740. The van der Waals surface area contributed by atoms with E-state index in [9.17, 15) is 9.90 Å². The van der Waals surface area contributed by atoms with E-state index in [2.05, 4.69) is 0 Å². The molecular formula is C23H27NO5. The van der Waals surface area contributed by atoms with Crippen molar-refractivity contribution in [2.75, 3.05) is 19.8 Å². The number of amides is 1. The van der Waals surface area contributed by atoms with Crippen molar-refractivity contribution in [3.8, 4) is 5.75 Å². The van der Waals surface area contributed by atoms with Crippen LogP contribution in [0.3, 0.4) is 0 Å². The van der Waals surface area contributed by atoms with Crippen molar-refractivity contribution < 1.29 is 24.1 Å². The Hall–Kier alpha value is -2.57. The highest BCUT2D eigenvalue weighted by Crippen LogP contribution is 2.42. The molecule has 2 aromatic rings. The molecule has 1 amide bonds. The van der Waals surface area contributed by atoms with Crippen LogP contribution in [0.15, 0.2) is 54.6 Å². The summed E-state index contributed by atoms with van der Waals surface area (Å²) in [6.07, 6.45) is 0.455. The molecule has 2 aromatic carbocycles. The number of carbonyl (C=O) groups excluding carboxylic acids is 1. The van der Waals surface area contributed by atoms with Crippen LogP contribution >= 0.6 is 0 Å². The van der Waals surface area contributed by atoms with Gasteiger partial charge in [0.1, 0.15) is 12.4 Å². The summed E-state index contributed by atoms with van der Waals surface area (Å²) < 4.78 is 16.8. The molecule has 2 aliphatic heterocycles. The molecule has 2 atom stereocenters. The van der Waals surface area contributed by atoms with Crippen LogP contribution in [0.25, 0.3) is 0 Å². The molecule has 29 heavy (non-hydrogen) atoms. The van der Waals surface area contributed by atoms with E-state index in [-0.39, 0.29) is 24.8 Å². The molecule has 0 aromatic heterocycles. The van der Waals surface area contributed by atoms with Crippen LogP contribution in [0.5, 0.6) is 5.75 Å². The zero-order chi connectivity index (χ0) is 20.3. The fourth-order valence-electron chi connectivity index (χ4n) is 4.35. The molecule has 0 radical (unpaired) electrons. The van der Waals surface area contributed by atoms with Crippen molar-refractivity contribution in [2.45, 2.75) is 44.1 Å². The van der Waals surface area contributed by atoms with Crippen molar-refractivity contribution >= 4 is 6.09 Å². The summed E-state index contributed by atoms with van der Waals surface area (Å²) in [6, 6.07) is 16.8. The zero-order valence-corrected chi connectivity index (χ0v) is 16.6. The van der Waals surface area contributed by atoms with Gasteiger partial charge in [0.25, 0.3) is 0 Å². The number of hydrogen-bond acceptors (Lipinski definition) is 5. The van der Waals surface area contributed by atoms with E-state index >= 15 is 0 Å². The molecule has 2 unspecified atom stereocenters. The summed E-state index contributed by atoms with van der Waals surface area (Å²) in [7, 11) is 0. The summed E-state index contributed by atoms with van der Waals surface area (Å²) in [5.74, 6) is 0.740. The first kappa shape index (κ1) is 19.7. The topological polar surface area (TPSA) is 68.2 Å². The second-order valence-electron chi connectivity index (χ2n) is 7.69. The van der Waals surface area contributed by atoms with E-state index in [0.29, 0.717) is 32.7 Å². The lowest BCUT2D eigenvalue weighted by Crippen LogP contribution is -2.62. The maximum Gasteiger partial charge on any atom is 0.410 e. The van der Waals surface area contributed by atoms with Gasteiger partial charge in [0, 0.05) is 12.8 Å². The van der Waals surface area contributed by atoms with Gasteiger partial charge in [-0.3, -0.25) is 4.90 Å². The van der Waals surface area contributed by atoms with Crippen LogP contribution in [0.1, 0.15) is 30.9 Å². The van der Waals surface area contributed by atoms with Crippen molar-refractivity contribution in [1.82, 2.24) is 4.90 Å². The number of piperidine rings is 1. The number of morpholine rings is 1. The van der Waals surface area contributed by atoms with E-state index in [1.165, 1.54) is 0 Å². The highest BCUT2D eigenvalue weighted by Gasteiger charge is 2.49. The molecule has 154 valence electrons. The van der Waals surface area contributed by atoms with E-state index in [1.807, 2.05) is 61.5 Å². The Kier molecular flexibility index (Phi) is 5.74. The molecular weight excluding hydrogens is 370 g/mol. The van der Waals surface area contributed by atoms with Crippen LogP contribution < -0.4 is 4.74 Å². The Morgan fingerprint density at radius 3 is 2.55 bits per heavy atom. The number of aliphatic hydroxyl groups is 1. The molecule has 1 N–H and O–H groups in total. The number of carbonyl (C=O) groups is 1. The lowest BCUT2D eigenvalue weighted by atomic mass is 9.77. The van der Waals surface area contributed by atoms with Gasteiger partial charge in [0.05, 0.1) is 37.5 Å². The molecule has 2 heterocycles. The lowest BCUT2D eigenvalue weighted by molar-refractivity contribution is -0.137. The Labute approximate surface area is 171 Å². The van der Waals surface area contributed by atoms with Crippen molar-refractivity contribution in [2.24, 2.45) is 0 Å². The molecule has 6 nitrogen and oxygen atoms in total. The molecule has 2 saturated heterocycles. The van der Waals surface area contributed by atoms with E-state index in [4.69, 9.17) is 14.2 Å². The average molecular weight is 397 g/mol. The number of benzene rings is 2. The van der Waals surface area contributed by atoms with Gasteiger partial charge < -0.3 is 19.3 Å². The molecule has 2 bridgehead atoms. The highest BCUT2D eigenvalue weighted by atomic mass is 16.6. The van der Waals surface area contributed by atoms with Crippen LogP contribution in [0, 0.1) is 0 Å². The fraction of sp³-hybridized carbons (Fsp3) is 0.435. The Balaban J connectivity index is 1.48. The number of ether oxygens (including phenoxy) is 3. The molecule has 0 spiro atoms. The first-order chi connectivity index (χ1) is 14.1. The highest BCUT2D eigenvalue weighted by molar-refractivity contribution is 5.69. The van der Waals surface area contributed by atoms with Gasteiger partial charge in [-0.1, -0.05) is 42.5 Å². The fourth-order valence-corrected chi connectivity index (χ4v) is 4.35. The van der Waals surface area contributed by atoms with Crippen LogP contribution in [0.4, 0.5) is 4.79 Å². The minimum Gasteiger partial charge on any atom is -0.494 e. The monoisotopic (exact) mass is 397 g/mol. The first-order valence-electron chi connectivity index (χ1n) is 10.1. The van der Waals surface area contributed by atoms with Crippen molar-refractivity contribution in [3.63, 3.8) is 0 Å². The molecule has 0 aliphatic carbocycles. The largest absolute Gasteiger partial charge is 0.494 e. The lowest BCUT2D eigenvalue weighted by Gasteiger charge is -2.51. The van der Waals surface area contributed by atoms with Gasteiger partial charge in [-0.25, -0.2) is 4.79 Å². The SMILES string of the molecule is CCOc1cccc(C2(O)CC3COCC(C2)N3C(=O)OCc2ccccc2)c1. The average Bonchev–Trinajstić information content (AvgIpc) is 2.73. The van der Waals surface area contributed by atoms with E-state index in [0.717, 1.165) is 16.9 Å². The van der Waals surface area contributed by atoms with Gasteiger partial charge >= 0.3 is 6.09 Å². The molecule has 6 heteroatoms. The van der Waals surface area contributed by atoms with E-state index < -0.39 is 5.60 Å². The summed E-state index contributed by atoms with van der Waals surface area (Å²) >= 11 is 0. The predicted molar refractivity (Wildman–Crippen MR) is 108 cm³/mol. The van der Waals surface area contributed by atoms with Gasteiger partial charge in [-0.2, -0.15) is 0 Å². The van der Waals surface area contributed by atoms with Crippen molar-refractivity contribution in [1.29, 1.82) is 0 Å². The summed E-state index contributed by atoms with van der Waals surface area (Å²) in [6.45, 7) is 3.52. The van der Waals surface area contributed by atoms with Crippen LogP contribution in [-0.4, -0.2) is 48.0 Å². The Morgan fingerprint density at radius 1 is 1.14 bits per heavy atom. The minimum absolute atomic E-state index is 0.230. The summed E-state index contributed by atoms with van der Waals surface area (Å²) in [4.78, 5) is 14.6. The number of rotatable bonds is 5. The van der Waals surface area contributed by atoms with E-state index in [1.54, 1.807) is 4.90 Å². The van der Waals surface area contributed by atoms with Gasteiger partial charge in [-0.05, 0) is 30.2 Å². The standard InChI is InChI=1S/C23H27NO5/c1-2-28-21-10-6-9-18(11-21)23(26)12-19-15-27-16-20(13-23)24(19)22(25)29-14-17-7-4-3-5-8-17/h3-11,19-20,26H,2,12-16H2,1H3. The molecule has 0 saturated carbocycles. The molecule has 2 aliphatic rings. The van der Waals surface area contributed by atoms with Crippen LogP contribution in [-0.2, 0) is 21.7 Å². The maximum atomic E-state index is 12.8. The second-order valence-corrected chi connectivity index (χ2v) is 7.69. The first-order valence-corrected chi connectivity index (χ1v) is 10.1. The molecule has 4 rings (SSSR count). The zero-order valence-electron chi connectivity index (χ0n) is 16.6. The van der Waals surface area contributed by atoms with Crippen LogP contribution in [0.2, 0.25) is 0 Å². The third-order valence-electron chi connectivity index (χ3n) is 5.65. The Morgan fingerprint density at radius 2 is 1.86 bits per heavy atom. The normalized spacial score (nSPS) is 26.1.